The van der Waals surface area contributed by atoms with Crippen LogP contribution in [0, 0.1) is 13.8 Å². The van der Waals surface area contributed by atoms with E-state index in [0.717, 1.165) is 33.5 Å². The van der Waals surface area contributed by atoms with E-state index in [1.54, 1.807) is 16.3 Å². The van der Waals surface area contributed by atoms with Crippen LogP contribution in [0.4, 0.5) is 0 Å². The highest BCUT2D eigenvalue weighted by Crippen LogP contribution is 2.21. The van der Waals surface area contributed by atoms with Crippen LogP contribution in [0.2, 0.25) is 0 Å². The zero-order valence-electron chi connectivity index (χ0n) is 13.4. The molecule has 0 N–H and O–H groups in total. The molecule has 120 valence electrons. The van der Waals surface area contributed by atoms with Crippen molar-refractivity contribution < 1.29 is 0 Å². The Morgan fingerprint density at radius 2 is 1.92 bits per heavy atom. The maximum atomic E-state index is 4.51. The third kappa shape index (κ3) is 2.90. The molecule has 3 heterocycles. The molecule has 0 unspecified atom stereocenters. The quantitative estimate of drug-likeness (QED) is 0.536. The predicted octanol–water partition coefficient (Wildman–Crippen LogP) is 3.22. The van der Waals surface area contributed by atoms with Crippen molar-refractivity contribution in [3.8, 4) is 5.69 Å². The Morgan fingerprint density at radius 1 is 1.08 bits per heavy atom. The van der Waals surface area contributed by atoms with Gasteiger partial charge in [-0.05, 0) is 32.0 Å². The molecule has 0 saturated carbocycles. The Bertz CT molecular complexity index is 989. The van der Waals surface area contributed by atoms with E-state index < -0.39 is 0 Å². The molecule has 0 aliphatic carbocycles. The summed E-state index contributed by atoms with van der Waals surface area (Å²) in [6, 6.07) is 12.1. The van der Waals surface area contributed by atoms with E-state index >= 15 is 0 Å². The van der Waals surface area contributed by atoms with E-state index in [0.29, 0.717) is 5.78 Å². The zero-order chi connectivity index (χ0) is 16.5. The first-order chi connectivity index (χ1) is 11.7. The molecular weight excluding hydrogens is 320 g/mol. The second-order valence-electron chi connectivity index (χ2n) is 5.56. The molecule has 0 bridgehead atoms. The van der Waals surface area contributed by atoms with Crippen LogP contribution in [0.25, 0.3) is 11.5 Å². The van der Waals surface area contributed by atoms with Crippen molar-refractivity contribution in [3.05, 3.63) is 65.7 Å². The molecule has 0 saturated heterocycles. The lowest BCUT2D eigenvalue weighted by Gasteiger charge is -1.99. The second-order valence-corrected chi connectivity index (χ2v) is 6.50. The summed E-state index contributed by atoms with van der Waals surface area (Å²) in [4.78, 5) is 8.91. The van der Waals surface area contributed by atoms with Crippen molar-refractivity contribution in [2.24, 2.45) is 0 Å². The first-order valence-corrected chi connectivity index (χ1v) is 8.60. The average Bonchev–Trinajstić information content (AvgIpc) is 3.20. The van der Waals surface area contributed by atoms with Crippen LogP contribution in [0.5, 0.6) is 0 Å². The van der Waals surface area contributed by atoms with E-state index in [2.05, 4.69) is 20.2 Å². The van der Waals surface area contributed by atoms with Crippen molar-refractivity contribution in [2.45, 2.75) is 24.8 Å². The van der Waals surface area contributed by atoms with Crippen LogP contribution in [0.15, 0.2) is 53.9 Å². The Kier molecular flexibility index (Phi) is 3.78. The highest BCUT2D eigenvalue weighted by atomic mass is 32.2. The molecule has 0 fully saturated rings. The number of hydrogen-bond acceptors (Lipinski definition) is 5. The standard InChI is InChI=1S/C17H16N6S/c1-12-8-13(2)23-16(19-12)20-17(21-23)24-11-14-9-18-22(10-14)15-6-4-3-5-7-15/h3-10H,11H2,1-2H3. The van der Waals surface area contributed by atoms with E-state index in [1.165, 1.54) is 0 Å². The predicted molar refractivity (Wildman–Crippen MR) is 93.4 cm³/mol. The molecule has 0 aliphatic rings. The highest BCUT2D eigenvalue weighted by molar-refractivity contribution is 7.98. The van der Waals surface area contributed by atoms with Crippen molar-refractivity contribution in [2.75, 3.05) is 0 Å². The van der Waals surface area contributed by atoms with E-state index in [1.807, 2.05) is 67.3 Å². The molecule has 4 rings (SSSR count). The number of aryl methyl sites for hydroxylation is 2. The maximum absolute atomic E-state index is 4.51. The zero-order valence-corrected chi connectivity index (χ0v) is 14.2. The molecule has 0 atom stereocenters. The Labute approximate surface area is 143 Å². The van der Waals surface area contributed by atoms with Gasteiger partial charge in [-0.1, -0.05) is 30.0 Å². The monoisotopic (exact) mass is 336 g/mol. The number of nitrogens with zero attached hydrogens (tertiary/aromatic N) is 6. The summed E-state index contributed by atoms with van der Waals surface area (Å²) in [6.45, 7) is 3.97. The van der Waals surface area contributed by atoms with Crippen molar-refractivity contribution in [1.29, 1.82) is 0 Å². The Hall–Kier alpha value is -2.67. The molecule has 0 radical (unpaired) electrons. The normalized spacial score (nSPS) is 11.2. The van der Waals surface area contributed by atoms with Crippen LogP contribution in [0.1, 0.15) is 17.0 Å². The van der Waals surface area contributed by atoms with Crippen molar-refractivity contribution >= 4 is 17.5 Å². The van der Waals surface area contributed by atoms with Gasteiger partial charge >= 0.3 is 0 Å². The lowest BCUT2D eigenvalue weighted by molar-refractivity contribution is 0.843. The fourth-order valence-corrected chi connectivity index (χ4v) is 3.24. The minimum Gasteiger partial charge on any atom is -0.241 e. The van der Waals surface area contributed by atoms with Crippen LogP contribution < -0.4 is 0 Å². The molecule has 7 heteroatoms. The fraction of sp³-hybridized carbons (Fsp3) is 0.176. The molecule has 0 spiro atoms. The molecule has 24 heavy (non-hydrogen) atoms. The summed E-state index contributed by atoms with van der Waals surface area (Å²) in [5.74, 6) is 1.41. The largest absolute Gasteiger partial charge is 0.253 e. The number of benzene rings is 1. The molecule has 0 aliphatic heterocycles. The van der Waals surface area contributed by atoms with E-state index in [9.17, 15) is 0 Å². The van der Waals surface area contributed by atoms with Gasteiger partial charge in [0, 0.05) is 28.9 Å². The SMILES string of the molecule is Cc1cc(C)n2nc(SCc3cnn(-c4ccccc4)c3)nc2n1. The van der Waals surface area contributed by atoms with Gasteiger partial charge in [-0.2, -0.15) is 10.1 Å². The molecular formula is C17H16N6S. The minimum absolute atomic E-state index is 0.648. The number of aromatic nitrogens is 6. The molecule has 1 aromatic carbocycles. The Balaban J connectivity index is 1.51. The van der Waals surface area contributed by atoms with Gasteiger partial charge in [-0.25, -0.2) is 14.2 Å². The van der Waals surface area contributed by atoms with Gasteiger partial charge in [0.15, 0.2) is 0 Å². The van der Waals surface area contributed by atoms with Gasteiger partial charge < -0.3 is 0 Å². The van der Waals surface area contributed by atoms with Crippen molar-refractivity contribution in [3.63, 3.8) is 0 Å². The van der Waals surface area contributed by atoms with Crippen LogP contribution in [-0.2, 0) is 5.75 Å². The second kappa shape index (κ2) is 6.09. The van der Waals surface area contributed by atoms with Gasteiger partial charge in [0.25, 0.3) is 5.78 Å². The maximum Gasteiger partial charge on any atom is 0.253 e. The highest BCUT2D eigenvalue weighted by Gasteiger charge is 2.09. The first kappa shape index (κ1) is 14.9. The van der Waals surface area contributed by atoms with Crippen LogP contribution in [0.3, 0.4) is 0 Å². The lowest BCUT2D eigenvalue weighted by atomic mass is 10.3. The topological polar surface area (TPSA) is 60.9 Å². The lowest BCUT2D eigenvalue weighted by Crippen LogP contribution is -1.97. The summed E-state index contributed by atoms with van der Waals surface area (Å²) in [5, 5.41) is 9.65. The molecule has 3 aromatic heterocycles. The summed E-state index contributed by atoms with van der Waals surface area (Å²) in [7, 11) is 0. The number of thioether (sulfide) groups is 1. The third-order valence-corrected chi connectivity index (χ3v) is 4.53. The molecule has 4 aromatic rings. The summed E-state index contributed by atoms with van der Waals surface area (Å²) >= 11 is 1.59. The van der Waals surface area contributed by atoms with Gasteiger partial charge in [-0.3, -0.25) is 0 Å². The smallest absolute Gasteiger partial charge is 0.241 e. The van der Waals surface area contributed by atoms with E-state index in [-0.39, 0.29) is 0 Å². The number of para-hydroxylation sites is 1. The molecule has 0 amide bonds. The van der Waals surface area contributed by atoms with E-state index in [4.69, 9.17) is 0 Å². The summed E-state index contributed by atoms with van der Waals surface area (Å²) in [6.07, 6.45) is 3.91. The number of rotatable bonds is 4. The Morgan fingerprint density at radius 3 is 2.75 bits per heavy atom. The fourth-order valence-electron chi connectivity index (χ4n) is 2.51. The van der Waals surface area contributed by atoms with Gasteiger partial charge in [0.2, 0.25) is 5.16 Å². The van der Waals surface area contributed by atoms with Crippen molar-refractivity contribution in [1.82, 2.24) is 29.4 Å². The van der Waals surface area contributed by atoms with Gasteiger partial charge in [-0.15, -0.1) is 5.10 Å². The third-order valence-electron chi connectivity index (χ3n) is 3.62. The summed E-state index contributed by atoms with van der Waals surface area (Å²) < 4.78 is 3.66. The van der Waals surface area contributed by atoms with Gasteiger partial charge in [0.1, 0.15) is 0 Å². The number of hydrogen-bond donors (Lipinski definition) is 0. The first-order valence-electron chi connectivity index (χ1n) is 7.62. The average molecular weight is 336 g/mol. The molecule has 6 nitrogen and oxygen atoms in total. The van der Waals surface area contributed by atoms with Gasteiger partial charge in [0.05, 0.1) is 11.9 Å². The number of fused-ring (bicyclic) bond motifs is 1. The minimum atomic E-state index is 0.648. The van der Waals surface area contributed by atoms with Crippen LogP contribution in [-0.4, -0.2) is 29.4 Å². The van der Waals surface area contributed by atoms with Crippen LogP contribution >= 0.6 is 11.8 Å². The summed E-state index contributed by atoms with van der Waals surface area (Å²) in [5.41, 5.74) is 4.17.